The molecule has 3 N–H and O–H groups in total. The second-order valence-electron chi connectivity index (χ2n) is 2.10. The Morgan fingerprint density at radius 2 is 2.08 bits per heavy atom. The lowest BCUT2D eigenvalue weighted by atomic mass is 10.6. The molecule has 0 unspecified atom stereocenters. The van der Waals surface area contributed by atoms with Crippen molar-refractivity contribution in [2.24, 2.45) is 5.73 Å². The fraction of sp³-hybridized carbons (Fsp3) is 0.750. The van der Waals surface area contributed by atoms with E-state index >= 15 is 0 Å². The van der Waals surface area contributed by atoms with E-state index in [4.69, 9.17) is 10.3 Å². The smallest absolute Gasteiger partial charge is 0.266 e. The highest BCUT2D eigenvalue weighted by Crippen LogP contribution is 1.97. The van der Waals surface area contributed by atoms with E-state index in [2.05, 4.69) is 0 Å². The van der Waals surface area contributed by atoms with Gasteiger partial charge in [0.25, 0.3) is 10.1 Å². The van der Waals surface area contributed by atoms with E-state index in [0.29, 0.717) is 0 Å². The number of rotatable bonds is 5. The second kappa shape index (κ2) is 4.94. The standard InChI is InChI=1S/C4H9IN2O4S/c5-7(3-4(6)8)1-2-12(9,10)11/h1-3H2,(H2,6,8)(H,9,10,11). The van der Waals surface area contributed by atoms with Crippen LogP contribution in [0.1, 0.15) is 0 Å². The minimum Gasteiger partial charge on any atom is -0.369 e. The molecule has 0 aromatic rings. The van der Waals surface area contributed by atoms with Gasteiger partial charge in [0, 0.05) is 29.4 Å². The van der Waals surface area contributed by atoms with Crippen LogP contribution in [0.15, 0.2) is 0 Å². The van der Waals surface area contributed by atoms with Crippen LogP contribution in [0, 0.1) is 0 Å². The number of hydrogen-bond donors (Lipinski definition) is 2. The van der Waals surface area contributed by atoms with Crippen LogP contribution in [0.5, 0.6) is 0 Å². The third-order valence-electron chi connectivity index (χ3n) is 0.919. The van der Waals surface area contributed by atoms with Gasteiger partial charge < -0.3 is 5.73 Å². The Morgan fingerprint density at radius 1 is 1.58 bits per heavy atom. The van der Waals surface area contributed by atoms with Gasteiger partial charge in [0.15, 0.2) is 0 Å². The van der Waals surface area contributed by atoms with Gasteiger partial charge in [-0.05, 0) is 0 Å². The van der Waals surface area contributed by atoms with Crippen LogP contribution in [0.25, 0.3) is 0 Å². The van der Waals surface area contributed by atoms with Gasteiger partial charge in [-0.3, -0.25) is 9.35 Å². The van der Waals surface area contributed by atoms with E-state index in [1.54, 1.807) is 22.9 Å². The molecule has 72 valence electrons. The zero-order valence-corrected chi connectivity index (χ0v) is 9.08. The van der Waals surface area contributed by atoms with E-state index in [0.717, 1.165) is 0 Å². The lowest BCUT2D eigenvalue weighted by Gasteiger charge is -2.09. The maximum atomic E-state index is 10.3. The molecule has 0 heterocycles. The van der Waals surface area contributed by atoms with Crippen LogP contribution in [-0.4, -0.2) is 40.8 Å². The molecular weight excluding hydrogens is 299 g/mol. The summed E-state index contributed by atoms with van der Waals surface area (Å²) in [6.07, 6.45) is 0. The SMILES string of the molecule is NC(=O)CN(I)CCS(=O)(=O)O. The van der Waals surface area contributed by atoms with Gasteiger partial charge in [-0.15, -0.1) is 0 Å². The van der Waals surface area contributed by atoms with E-state index in [1.165, 1.54) is 3.11 Å². The van der Waals surface area contributed by atoms with Crippen molar-refractivity contribution in [3.05, 3.63) is 0 Å². The summed E-state index contributed by atoms with van der Waals surface area (Å²) in [5.74, 6) is -0.941. The van der Waals surface area contributed by atoms with Crippen molar-refractivity contribution in [2.45, 2.75) is 0 Å². The second-order valence-corrected chi connectivity index (χ2v) is 5.03. The molecule has 0 spiro atoms. The Bertz CT molecular complexity index is 252. The molecule has 0 saturated heterocycles. The summed E-state index contributed by atoms with van der Waals surface area (Å²) in [5, 5.41) is 0. The van der Waals surface area contributed by atoms with Crippen molar-refractivity contribution in [3.8, 4) is 0 Å². The van der Waals surface area contributed by atoms with Crippen molar-refractivity contribution >= 4 is 38.9 Å². The van der Waals surface area contributed by atoms with Gasteiger partial charge in [0.05, 0.1) is 12.3 Å². The van der Waals surface area contributed by atoms with Gasteiger partial charge >= 0.3 is 0 Å². The number of carbonyl (C=O) groups is 1. The van der Waals surface area contributed by atoms with Crippen LogP contribution in [0.2, 0.25) is 0 Å². The van der Waals surface area contributed by atoms with Crippen LogP contribution >= 0.6 is 22.9 Å². The highest BCUT2D eigenvalue weighted by atomic mass is 127. The van der Waals surface area contributed by atoms with Crippen LogP contribution in [0.3, 0.4) is 0 Å². The normalized spacial score (nSPS) is 11.9. The van der Waals surface area contributed by atoms with Crippen molar-refractivity contribution in [3.63, 3.8) is 0 Å². The number of nitrogens with two attached hydrogens (primary N) is 1. The van der Waals surface area contributed by atoms with Crippen LogP contribution in [0.4, 0.5) is 0 Å². The van der Waals surface area contributed by atoms with Crippen molar-refractivity contribution in [1.29, 1.82) is 0 Å². The highest BCUT2D eigenvalue weighted by Gasteiger charge is 2.09. The molecule has 0 saturated carbocycles. The van der Waals surface area contributed by atoms with Gasteiger partial charge in [0.1, 0.15) is 0 Å². The average Bonchev–Trinajstić information content (AvgIpc) is 1.80. The molecule has 0 aliphatic carbocycles. The maximum absolute atomic E-state index is 10.3. The number of halogens is 1. The molecule has 0 aromatic heterocycles. The lowest BCUT2D eigenvalue weighted by Crippen LogP contribution is -2.30. The highest BCUT2D eigenvalue weighted by molar-refractivity contribution is 14.1. The summed E-state index contributed by atoms with van der Waals surface area (Å²) in [5.41, 5.74) is 4.84. The van der Waals surface area contributed by atoms with E-state index < -0.39 is 21.8 Å². The molecule has 1 amide bonds. The number of hydrogen-bond acceptors (Lipinski definition) is 4. The summed E-state index contributed by atoms with van der Waals surface area (Å²) in [4.78, 5) is 10.3. The molecule has 0 aliphatic heterocycles. The van der Waals surface area contributed by atoms with Gasteiger partial charge in [-0.25, -0.2) is 3.11 Å². The first kappa shape index (κ1) is 12.1. The Kier molecular flexibility index (Phi) is 4.97. The molecule has 6 nitrogen and oxygen atoms in total. The van der Waals surface area contributed by atoms with E-state index in [9.17, 15) is 13.2 Å². The molecule has 0 atom stereocenters. The number of primary amides is 1. The summed E-state index contributed by atoms with van der Waals surface area (Å²) in [7, 11) is -3.95. The zero-order valence-electron chi connectivity index (χ0n) is 6.10. The average molecular weight is 308 g/mol. The molecule has 0 bridgehead atoms. The lowest BCUT2D eigenvalue weighted by molar-refractivity contribution is -0.117. The molecular formula is C4H9IN2O4S. The monoisotopic (exact) mass is 308 g/mol. The molecule has 8 heteroatoms. The number of amides is 1. The largest absolute Gasteiger partial charge is 0.369 e. The van der Waals surface area contributed by atoms with Gasteiger partial charge in [-0.2, -0.15) is 8.42 Å². The molecule has 0 rings (SSSR count). The molecule has 12 heavy (non-hydrogen) atoms. The minimum atomic E-state index is -3.95. The minimum absolute atomic E-state index is 0.0317. The van der Waals surface area contributed by atoms with Crippen molar-refractivity contribution in [1.82, 2.24) is 3.11 Å². The quantitative estimate of drug-likeness (QED) is 0.386. The molecule has 0 radical (unpaired) electrons. The van der Waals surface area contributed by atoms with Gasteiger partial charge in [0.2, 0.25) is 5.91 Å². The summed E-state index contributed by atoms with van der Waals surface area (Å²) < 4.78 is 30.2. The van der Waals surface area contributed by atoms with Crippen LogP contribution in [-0.2, 0) is 14.9 Å². The first-order valence-electron chi connectivity index (χ1n) is 2.95. The van der Waals surface area contributed by atoms with Crippen LogP contribution < -0.4 is 5.73 Å². The topological polar surface area (TPSA) is 101 Å². The number of carbonyl (C=O) groups excluding carboxylic acids is 1. The van der Waals surface area contributed by atoms with E-state index in [-0.39, 0.29) is 13.1 Å². The fourth-order valence-electron chi connectivity index (χ4n) is 0.463. The first-order valence-corrected chi connectivity index (χ1v) is 5.53. The van der Waals surface area contributed by atoms with Gasteiger partial charge in [-0.1, -0.05) is 0 Å². The Balaban J connectivity index is 3.72. The fourth-order valence-corrected chi connectivity index (χ4v) is 1.82. The maximum Gasteiger partial charge on any atom is 0.266 e. The third-order valence-corrected chi connectivity index (χ3v) is 2.44. The molecule has 0 fully saturated rings. The van der Waals surface area contributed by atoms with E-state index in [1.807, 2.05) is 0 Å². The first-order chi connectivity index (χ1) is 5.31. The summed E-state index contributed by atoms with van der Waals surface area (Å²) >= 11 is 1.75. The Labute approximate surface area is 84.3 Å². The molecule has 0 aliphatic rings. The summed E-state index contributed by atoms with van der Waals surface area (Å²) in [6, 6.07) is 0. The predicted molar refractivity (Wildman–Crippen MR) is 51.2 cm³/mol. The molecule has 0 aromatic carbocycles. The van der Waals surface area contributed by atoms with Crippen molar-refractivity contribution < 1.29 is 17.8 Å². The third kappa shape index (κ3) is 8.17. The Hall–Kier alpha value is 0.0700. The summed E-state index contributed by atoms with van der Waals surface area (Å²) in [6.45, 7) is 0.0401. The number of nitrogens with zero attached hydrogens (tertiary/aromatic N) is 1. The van der Waals surface area contributed by atoms with Crippen molar-refractivity contribution in [2.75, 3.05) is 18.8 Å². The predicted octanol–water partition coefficient (Wildman–Crippen LogP) is -0.988. The Morgan fingerprint density at radius 3 is 2.42 bits per heavy atom. The zero-order chi connectivity index (χ0) is 9.78.